The highest BCUT2D eigenvalue weighted by atomic mass is 19.1. The van der Waals surface area contributed by atoms with Gasteiger partial charge in [0.1, 0.15) is 17.9 Å². The number of nitrogens with zero attached hydrogens (tertiary/aromatic N) is 1. The summed E-state index contributed by atoms with van der Waals surface area (Å²) in [5, 5.41) is 8.93. The Hall–Kier alpha value is -1.46. The topological polar surface area (TPSA) is 49.8 Å². The maximum Gasteiger partial charge on any atom is 0.130 e. The van der Waals surface area contributed by atoms with Crippen molar-refractivity contribution in [3.05, 3.63) is 29.1 Å². The minimum atomic E-state index is -0.324. The summed E-state index contributed by atoms with van der Waals surface area (Å²) in [6.45, 7) is 1.67. The average Bonchev–Trinajstić information content (AvgIpc) is 2.84. The molecular formula is C15H20FNO3. The maximum absolute atomic E-state index is 14.2. The number of ether oxygens (including phenoxy) is 1. The monoisotopic (exact) mass is 281 g/mol. The van der Waals surface area contributed by atoms with Crippen molar-refractivity contribution in [2.75, 3.05) is 33.4 Å². The zero-order valence-corrected chi connectivity index (χ0v) is 11.6. The van der Waals surface area contributed by atoms with Crippen LogP contribution in [0.25, 0.3) is 0 Å². The Morgan fingerprint density at radius 1 is 1.55 bits per heavy atom. The summed E-state index contributed by atoms with van der Waals surface area (Å²) in [4.78, 5) is 12.8. The first-order valence-electron chi connectivity index (χ1n) is 6.84. The number of hydrogen-bond acceptors (Lipinski definition) is 4. The van der Waals surface area contributed by atoms with Gasteiger partial charge in [-0.1, -0.05) is 0 Å². The molecule has 0 saturated heterocycles. The summed E-state index contributed by atoms with van der Waals surface area (Å²) in [7, 11) is 1.85. The van der Waals surface area contributed by atoms with E-state index in [-0.39, 0.29) is 24.8 Å². The van der Waals surface area contributed by atoms with Crippen LogP contribution in [-0.4, -0.2) is 49.6 Å². The van der Waals surface area contributed by atoms with Gasteiger partial charge in [-0.05, 0) is 24.2 Å². The molecule has 0 amide bonds. The summed E-state index contributed by atoms with van der Waals surface area (Å²) in [5.74, 6) is 0.0877. The molecule has 5 heteroatoms. The predicted molar refractivity (Wildman–Crippen MR) is 73.6 cm³/mol. The van der Waals surface area contributed by atoms with Crippen molar-refractivity contribution in [1.82, 2.24) is 4.90 Å². The summed E-state index contributed by atoms with van der Waals surface area (Å²) in [6.07, 6.45) is 1.87. The van der Waals surface area contributed by atoms with Crippen molar-refractivity contribution >= 4 is 6.29 Å². The number of carbonyl (C=O) groups is 1. The molecule has 1 N–H and O–H groups in total. The Morgan fingerprint density at radius 2 is 2.35 bits per heavy atom. The lowest BCUT2D eigenvalue weighted by molar-refractivity contribution is -0.108. The highest BCUT2D eigenvalue weighted by Gasteiger charge is 2.22. The molecule has 1 aromatic rings. The lowest BCUT2D eigenvalue weighted by Gasteiger charge is -2.23. The van der Waals surface area contributed by atoms with Gasteiger partial charge in [0.15, 0.2) is 0 Å². The molecule has 0 aromatic heterocycles. The summed E-state index contributed by atoms with van der Waals surface area (Å²) in [6, 6.07) is 3.24. The summed E-state index contributed by atoms with van der Waals surface area (Å²) < 4.78 is 19.5. The molecule has 0 bridgehead atoms. The lowest BCUT2D eigenvalue weighted by Crippen LogP contribution is -2.28. The second-order valence-corrected chi connectivity index (χ2v) is 5.17. The Labute approximate surface area is 118 Å². The Balaban J connectivity index is 2.22. The average molecular weight is 281 g/mol. The van der Waals surface area contributed by atoms with Crippen molar-refractivity contribution < 1.29 is 19.0 Å². The molecule has 110 valence electrons. The lowest BCUT2D eigenvalue weighted by atomic mass is 9.93. The molecule has 1 heterocycles. The number of benzene rings is 1. The molecule has 4 nitrogen and oxygen atoms in total. The summed E-state index contributed by atoms with van der Waals surface area (Å²) in [5.41, 5.74) is 1.56. The molecular weight excluding hydrogens is 261 g/mol. The Morgan fingerprint density at radius 3 is 3.05 bits per heavy atom. The van der Waals surface area contributed by atoms with Gasteiger partial charge in [-0.2, -0.15) is 0 Å². The number of aldehydes is 1. The number of carbonyl (C=O) groups excluding carboxylic acids is 1. The van der Waals surface area contributed by atoms with E-state index in [1.165, 1.54) is 6.07 Å². The van der Waals surface area contributed by atoms with Gasteiger partial charge >= 0.3 is 0 Å². The highest BCUT2D eigenvalue weighted by molar-refractivity contribution is 5.53. The van der Waals surface area contributed by atoms with E-state index in [1.807, 2.05) is 18.0 Å². The van der Waals surface area contributed by atoms with Gasteiger partial charge in [0.05, 0.1) is 13.2 Å². The first-order chi connectivity index (χ1) is 9.65. The predicted octanol–water partition coefficient (Wildman–Crippen LogP) is 1.36. The first-order valence-corrected chi connectivity index (χ1v) is 6.84. The van der Waals surface area contributed by atoms with Crippen LogP contribution in [0, 0.1) is 5.82 Å². The van der Waals surface area contributed by atoms with E-state index in [9.17, 15) is 9.18 Å². The van der Waals surface area contributed by atoms with E-state index in [4.69, 9.17) is 9.84 Å². The third-order valence-electron chi connectivity index (χ3n) is 3.64. The number of halogens is 1. The number of aliphatic hydroxyl groups excluding tert-OH is 1. The number of likely N-dealkylation sites (N-methyl/N-ethyl adjacent to an activating group) is 1. The standard InChI is InChI=1S/C15H20FNO3/c1-17(4-6-19)10-12(2-5-18)13-8-11-3-7-20-15(11)9-14(13)16/h5,8-9,12,19H,2-4,6-7,10H2,1H3. The molecule has 0 aliphatic carbocycles. The van der Waals surface area contributed by atoms with E-state index in [0.717, 1.165) is 18.3 Å². The number of aliphatic hydroxyl groups is 1. The molecule has 2 rings (SSSR count). The molecule has 1 unspecified atom stereocenters. The van der Waals surface area contributed by atoms with Crippen LogP contribution in [0.1, 0.15) is 23.5 Å². The second-order valence-electron chi connectivity index (χ2n) is 5.17. The minimum absolute atomic E-state index is 0.0464. The smallest absolute Gasteiger partial charge is 0.130 e. The van der Waals surface area contributed by atoms with Gasteiger partial charge in [0.2, 0.25) is 0 Å². The van der Waals surface area contributed by atoms with E-state index in [2.05, 4.69) is 0 Å². The van der Waals surface area contributed by atoms with Gasteiger partial charge in [-0.15, -0.1) is 0 Å². The van der Waals surface area contributed by atoms with Crippen LogP contribution in [-0.2, 0) is 11.2 Å². The Bertz CT molecular complexity index is 478. The van der Waals surface area contributed by atoms with Crippen LogP contribution in [0.2, 0.25) is 0 Å². The van der Waals surface area contributed by atoms with E-state index in [1.54, 1.807) is 0 Å². The summed E-state index contributed by atoms with van der Waals surface area (Å²) >= 11 is 0. The van der Waals surface area contributed by atoms with E-state index >= 15 is 0 Å². The SMILES string of the molecule is CN(CCO)CC(CC=O)c1cc2c(cc1F)OCC2. The van der Waals surface area contributed by atoms with Crippen LogP contribution in [0.3, 0.4) is 0 Å². The molecule has 1 aromatic carbocycles. The van der Waals surface area contributed by atoms with Crippen LogP contribution < -0.4 is 4.74 Å². The molecule has 1 atom stereocenters. The minimum Gasteiger partial charge on any atom is -0.493 e. The first kappa shape index (κ1) is 14.9. The highest BCUT2D eigenvalue weighted by Crippen LogP contribution is 2.32. The van der Waals surface area contributed by atoms with Crippen molar-refractivity contribution in [2.24, 2.45) is 0 Å². The maximum atomic E-state index is 14.2. The van der Waals surface area contributed by atoms with Crippen LogP contribution in [0.5, 0.6) is 5.75 Å². The van der Waals surface area contributed by atoms with Crippen LogP contribution in [0.15, 0.2) is 12.1 Å². The van der Waals surface area contributed by atoms with Gasteiger partial charge in [0, 0.05) is 37.9 Å². The second kappa shape index (κ2) is 6.81. The molecule has 0 radical (unpaired) electrons. The fourth-order valence-corrected chi connectivity index (χ4v) is 2.59. The van der Waals surface area contributed by atoms with Gasteiger partial charge in [0.25, 0.3) is 0 Å². The molecule has 1 aliphatic rings. The molecule has 1 aliphatic heterocycles. The third-order valence-corrected chi connectivity index (χ3v) is 3.64. The fourth-order valence-electron chi connectivity index (χ4n) is 2.59. The number of hydrogen-bond donors (Lipinski definition) is 1. The zero-order valence-electron chi connectivity index (χ0n) is 11.6. The van der Waals surface area contributed by atoms with Crippen molar-refractivity contribution in [2.45, 2.75) is 18.8 Å². The fraction of sp³-hybridized carbons (Fsp3) is 0.533. The van der Waals surface area contributed by atoms with Crippen LogP contribution >= 0.6 is 0 Å². The van der Waals surface area contributed by atoms with Crippen molar-refractivity contribution in [3.8, 4) is 5.75 Å². The van der Waals surface area contributed by atoms with Gasteiger partial charge < -0.3 is 19.5 Å². The quantitative estimate of drug-likeness (QED) is 0.767. The zero-order chi connectivity index (χ0) is 14.5. The molecule has 0 fully saturated rings. The Kier molecular flexibility index (Phi) is 5.09. The van der Waals surface area contributed by atoms with E-state index in [0.29, 0.717) is 31.0 Å². The number of rotatable bonds is 7. The normalized spacial score (nSPS) is 15.0. The van der Waals surface area contributed by atoms with Gasteiger partial charge in [-0.3, -0.25) is 0 Å². The third kappa shape index (κ3) is 3.35. The van der Waals surface area contributed by atoms with E-state index < -0.39 is 0 Å². The van der Waals surface area contributed by atoms with Crippen molar-refractivity contribution in [1.29, 1.82) is 0 Å². The molecule has 20 heavy (non-hydrogen) atoms. The van der Waals surface area contributed by atoms with Crippen LogP contribution in [0.4, 0.5) is 4.39 Å². The van der Waals surface area contributed by atoms with Crippen molar-refractivity contribution in [3.63, 3.8) is 0 Å². The van der Waals surface area contributed by atoms with Gasteiger partial charge in [-0.25, -0.2) is 4.39 Å². The largest absolute Gasteiger partial charge is 0.493 e. The molecule has 0 spiro atoms. The molecule has 0 saturated carbocycles. The number of fused-ring (bicyclic) bond motifs is 1.